The van der Waals surface area contributed by atoms with E-state index in [2.05, 4.69) is 46.5 Å². The highest BCUT2D eigenvalue weighted by Gasteiger charge is 2.13. The number of tetrazole rings is 1. The van der Waals surface area contributed by atoms with Crippen molar-refractivity contribution in [3.63, 3.8) is 0 Å². The molecule has 2 aromatic heterocycles. The van der Waals surface area contributed by atoms with Crippen LogP contribution in [0.4, 0.5) is 0 Å². The number of aryl methyl sites for hydroxylation is 2. The van der Waals surface area contributed by atoms with E-state index in [0.717, 1.165) is 22.6 Å². The number of rotatable bonds is 5. The number of thioether (sulfide) groups is 1. The third-order valence-electron chi connectivity index (χ3n) is 3.96. The van der Waals surface area contributed by atoms with Crippen LogP contribution in [0, 0.1) is 13.8 Å². The lowest BCUT2D eigenvalue weighted by atomic mass is 10.1. The molecule has 2 aromatic carbocycles. The highest BCUT2D eigenvalue weighted by molar-refractivity contribution is 7.98. The standard InChI is InChI=1S/C19H17N5OS/c1-13-8-9-16(14(2)10-13)24-19(21-22-23-24)26-12-18-20-11-17(25-18)15-6-4-3-5-7-15/h3-11H,12H2,1-2H3. The molecule has 0 atom stereocenters. The van der Waals surface area contributed by atoms with Gasteiger partial charge in [0.25, 0.3) is 0 Å². The Kier molecular flexibility index (Phi) is 4.53. The fourth-order valence-corrected chi connectivity index (χ4v) is 3.44. The first-order valence-corrected chi connectivity index (χ1v) is 9.18. The Morgan fingerprint density at radius 2 is 1.92 bits per heavy atom. The number of nitrogens with zero attached hydrogens (tertiary/aromatic N) is 5. The Hall–Kier alpha value is -2.93. The molecule has 0 aliphatic rings. The van der Waals surface area contributed by atoms with Crippen LogP contribution >= 0.6 is 11.8 Å². The van der Waals surface area contributed by atoms with Gasteiger partial charge in [-0.3, -0.25) is 0 Å². The largest absolute Gasteiger partial charge is 0.440 e. The van der Waals surface area contributed by atoms with Crippen LogP contribution in [0.5, 0.6) is 0 Å². The molecule has 0 radical (unpaired) electrons. The van der Waals surface area contributed by atoms with Gasteiger partial charge in [-0.05, 0) is 35.9 Å². The second-order valence-electron chi connectivity index (χ2n) is 5.94. The van der Waals surface area contributed by atoms with Gasteiger partial charge in [0, 0.05) is 5.56 Å². The molecule has 4 aromatic rings. The molecule has 0 spiro atoms. The van der Waals surface area contributed by atoms with Gasteiger partial charge >= 0.3 is 0 Å². The molecule has 4 rings (SSSR count). The minimum absolute atomic E-state index is 0.554. The van der Waals surface area contributed by atoms with Gasteiger partial charge in [0.15, 0.2) is 5.76 Å². The van der Waals surface area contributed by atoms with Gasteiger partial charge < -0.3 is 4.42 Å². The monoisotopic (exact) mass is 363 g/mol. The molecule has 0 bridgehead atoms. The first-order chi connectivity index (χ1) is 12.7. The Morgan fingerprint density at radius 3 is 2.73 bits per heavy atom. The van der Waals surface area contributed by atoms with Crippen LogP contribution in [0.1, 0.15) is 17.0 Å². The van der Waals surface area contributed by atoms with Crippen molar-refractivity contribution in [3.05, 3.63) is 71.7 Å². The molecule has 2 heterocycles. The van der Waals surface area contributed by atoms with Crippen molar-refractivity contribution in [1.29, 1.82) is 0 Å². The molecule has 0 saturated carbocycles. The molecule has 7 heteroatoms. The lowest BCUT2D eigenvalue weighted by molar-refractivity contribution is 0.529. The van der Waals surface area contributed by atoms with Gasteiger partial charge in [0.2, 0.25) is 11.0 Å². The SMILES string of the molecule is Cc1ccc(-n2nnnc2SCc2ncc(-c3ccccc3)o2)c(C)c1. The summed E-state index contributed by atoms with van der Waals surface area (Å²) >= 11 is 1.49. The van der Waals surface area contributed by atoms with Crippen molar-refractivity contribution in [3.8, 4) is 17.0 Å². The van der Waals surface area contributed by atoms with Crippen molar-refractivity contribution in [2.75, 3.05) is 0 Å². The number of hydrogen-bond acceptors (Lipinski definition) is 6. The van der Waals surface area contributed by atoms with Gasteiger partial charge in [-0.2, -0.15) is 4.68 Å². The van der Waals surface area contributed by atoms with E-state index in [-0.39, 0.29) is 0 Å². The van der Waals surface area contributed by atoms with E-state index >= 15 is 0 Å². The summed E-state index contributed by atoms with van der Waals surface area (Å²) in [6, 6.07) is 16.1. The molecule has 6 nitrogen and oxygen atoms in total. The van der Waals surface area contributed by atoms with Crippen LogP contribution in [0.15, 0.2) is 64.3 Å². The lowest BCUT2D eigenvalue weighted by Gasteiger charge is -2.07. The van der Waals surface area contributed by atoms with Crippen molar-refractivity contribution < 1.29 is 4.42 Å². The van der Waals surface area contributed by atoms with Crippen LogP contribution in [0.2, 0.25) is 0 Å². The highest BCUT2D eigenvalue weighted by atomic mass is 32.2. The second kappa shape index (κ2) is 7.13. The predicted molar refractivity (Wildman–Crippen MR) is 100 cm³/mol. The molecule has 130 valence electrons. The first kappa shape index (κ1) is 16.5. The molecule has 0 unspecified atom stereocenters. The van der Waals surface area contributed by atoms with Gasteiger partial charge in [-0.25, -0.2) is 4.98 Å². The zero-order valence-corrected chi connectivity index (χ0v) is 15.3. The minimum atomic E-state index is 0.554. The summed E-state index contributed by atoms with van der Waals surface area (Å²) in [5, 5.41) is 12.8. The molecule has 0 fully saturated rings. The Morgan fingerprint density at radius 1 is 1.08 bits per heavy atom. The third-order valence-corrected chi connectivity index (χ3v) is 4.86. The summed E-state index contributed by atoms with van der Waals surface area (Å²) in [6.45, 7) is 4.12. The second-order valence-corrected chi connectivity index (χ2v) is 6.88. The molecule has 0 saturated heterocycles. The zero-order chi connectivity index (χ0) is 17.9. The van der Waals surface area contributed by atoms with Gasteiger partial charge in [-0.15, -0.1) is 5.10 Å². The number of aromatic nitrogens is 5. The minimum Gasteiger partial charge on any atom is -0.440 e. The summed E-state index contributed by atoms with van der Waals surface area (Å²) in [5.41, 5.74) is 4.32. The Bertz CT molecular complexity index is 1030. The molecule has 26 heavy (non-hydrogen) atoms. The molecule has 0 N–H and O–H groups in total. The number of benzene rings is 2. The molecule has 0 aliphatic carbocycles. The van der Waals surface area contributed by atoms with Gasteiger partial charge in [-0.1, -0.05) is 59.8 Å². The van der Waals surface area contributed by atoms with E-state index in [4.69, 9.17) is 4.42 Å². The fourth-order valence-electron chi connectivity index (χ4n) is 2.70. The van der Waals surface area contributed by atoms with E-state index < -0.39 is 0 Å². The molecular weight excluding hydrogens is 346 g/mol. The lowest BCUT2D eigenvalue weighted by Crippen LogP contribution is -2.01. The average molecular weight is 363 g/mol. The van der Waals surface area contributed by atoms with Gasteiger partial charge in [0.1, 0.15) is 0 Å². The maximum Gasteiger partial charge on any atom is 0.214 e. The normalized spacial score (nSPS) is 11.0. The summed E-state index contributed by atoms with van der Waals surface area (Å²) in [5.74, 6) is 1.96. The molecule has 0 aliphatic heterocycles. The van der Waals surface area contributed by atoms with Crippen LogP contribution in [-0.4, -0.2) is 25.2 Å². The molecule has 0 amide bonds. The maximum absolute atomic E-state index is 5.84. The van der Waals surface area contributed by atoms with Crippen molar-refractivity contribution in [2.24, 2.45) is 0 Å². The first-order valence-electron chi connectivity index (χ1n) is 8.19. The Balaban J connectivity index is 1.51. The van der Waals surface area contributed by atoms with Crippen molar-refractivity contribution >= 4 is 11.8 Å². The van der Waals surface area contributed by atoms with Crippen LogP contribution in [-0.2, 0) is 5.75 Å². The summed E-state index contributed by atoms with van der Waals surface area (Å²) in [4.78, 5) is 4.36. The number of hydrogen-bond donors (Lipinski definition) is 0. The smallest absolute Gasteiger partial charge is 0.214 e. The van der Waals surface area contributed by atoms with E-state index in [1.54, 1.807) is 10.9 Å². The summed E-state index contributed by atoms with van der Waals surface area (Å²) < 4.78 is 7.59. The van der Waals surface area contributed by atoms with Crippen LogP contribution < -0.4 is 0 Å². The predicted octanol–water partition coefficient (Wildman–Crippen LogP) is 4.23. The summed E-state index contributed by atoms with van der Waals surface area (Å²) in [7, 11) is 0. The van der Waals surface area contributed by atoms with Crippen LogP contribution in [0.3, 0.4) is 0 Å². The highest BCUT2D eigenvalue weighted by Crippen LogP contribution is 2.26. The average Bonchev–Trinajstić information content (AvgIpc) is 3.30. The molecular formula is C19H17N5OS. The number of oxazole rings is 1. The zero-order valence-electron chi connectivity index (χ0n) is 14.5. The van der Waals surface area contributed by atoms with Gasteiger partial charge in [0.05, 0.1) is 17.6 Å². The summed E-state index contributed by atoms with van der Waals surface area (Å²) in [6.07, 6.45) is 1.75. The van der Waals surface area contributed by atoms with E-state index in [1.807, 2.05) is 36.4 Å². The van der Waals surface area contributed by atoms with Crippen LogP contribution in [0.25, 0.3) is 17.0 Å². The fraction of sp³-hybridized carbons (Fsp3) is 0.158. The quantitative estimate of drug-likeness (QED) is 0.494. The third kappa shape index (κ3) is 3.39. The topological polar surface area (TPSA) is 69.6 Å². The Labute approximate surface area is 155 Å². The maximum atomic E-state index is 5.84. The van der Waals surface area contributed by atoms with E-state index in [1.165, 1.54) is 17.3 Å². The van der Waals surface area contributed by atoms with E-state index in [9.17, 15) is 0 Å². The van der Waals surface area contributed by atoms with Crippen molar-refractivity contribution in [1.82, 2.24) is 25.2 Å². The van der Waals surface area contributed by atoms with Crippen molar-refractivity contribution in [2.45, 2.75) is 24.8 Å². The van der Waals surface area contributed by atoms with E-state index in [0.29, 0.717) is 16.8 Å².